The Bertz CT molecular complexity index is 76.8. The van der Waals surface area contributed by atoms with Crippen LogP contribution in [0.3, 0.4) is 0 Å². The molecule has 3 heteroatoms. The molecule has 0 saturated heterocycles. The quantitative estimate of drug-likeness (QED) is 0.479. The van der Waals surface area contributed by atoms with Gasteiger partial charge in [-0.1, -0.05) is 39.3 Å². The van der Waals surface area contributed by atoms with Crippen molar-refractivity contribution in [2.45, 2.75) is 39.3 Å². The van der Waals surface area contributed by atoms with E-state index in [0.717, 1.165) is 0 Å². The minimum absolute atomic E-state index is 0. The van der Waals surface area contributed by atoms with Crippen molar-refractivity contribution in [3.05, 3.63) is 5.67 Å². The van der Waals surface area contributed by atoms with Gasteiger partial charge in [0.25, 0.3) is 0 Å². The molecule has 0 fully saturated rings. The second-order valence-corrected chi connectivity index (χ2v) is 15.5. The molecule has 0 aromatic carbocycles. The van der Waals surface area contributed by atoms with Crippen molar-refractivity contribution >= 4 is 16.1 Å². The monoisotopic (exact) mass is 204 g/mol. The van der Waals surface area contributed by atoms with Gasteiger partial charge in [-0.3, -0.25) is 0 Å². The van der Waals surface area contributed by atoms with Crippen LogP contribution in [-0.4, -0.2) is 16.1 Å². The van der Waals surface area contributed by atoms with Crippen molar-refractivity contribution in [1.82, 2.24) is 0 Å². The summed E-state index contributed by atoms with van der Waals surface area (Å²) in [4.78, 5) is 0. The van der Waals surface area contributed by atoms with Crippen LogP contribution in [0.15, 0.2) is 0 Å². The van der Waals surface area contributed by atoms with Gasteiger partial charge >= 0.3 is 0 Å². The molecular formula is C7H19ScSi2-. The van der Waals surface area contributed by atoms with Crippen molar-refractivity contribution in [3.63, 3.8) is 0 Å². The first kappa shape index (κ1) is 13.9. The Morgan fingerprint density at radius 3 is 0.900 bits per heavy atom. The zero-order chi connectivity index (χ0) is 7.71. The second kappa shape index (κ2) is 4.36. The zero-order valence-electron chi connectivity index (χ0n) is 8.15. The molecule has 0 atom stereocenters. The Kier molecular flexibility index (Phi) is 6.04. The number of hydrogen-bond acceptors (Lipinski definition) is 0. The summed E-state index contributed by atoms with van der Waals surface area (Å²) < 4.78 is 0. The van der Waals surface area contributed by atoms with Gasteiger partial charge in [0, 0.05) is 25.8 Å². The molecule has 0 rings (SSSR count). The second-order valence-electron chi connectivity index (χ2n) is 4.88. The Morgan fingerprint density at radius 2 is 0.900 bits per heavy atom. The number of hydrogen-bond donors (Lipinski definition) is 0. The molecule has 1 radical (unpaired) electrons. The van der Waals surface area contributed by atoms with Crippen LogP contribution in [-0.2, 0) is 25.8 Å². The molecule has 0 aromatic heterocycles. The Labute approximate surface area is 86.6 Å². The van der Waals surface area contributed by atoms with Gasteiger partial charge in [-0.15, -0.1) is 16.1 Å². The predicted molar refractivity (Wildman–Crippen MR) is 51.0 cm³/mol. The fraction of sp³-hybridized carbons (Fsp3) is 0.857. The average molecular weight is 204 g/mol. The molecule has 0 saturated carbocycles. The summed E-state index contributed by atoms with van der Waals surface area (Å²) in [7, 11) is -1.71. The molecular weight excluding hydrogens is 185 g/mol. The van der Waals surface area contributed by atoms with Gasteiger partial charge in [0.05, 0.1) is 0 Å². The van der Waals surface area contributed by atoms with Gasteiger partial charge in [0.1, 0.15) is 0 Å². The Balaban J connectivity index is 0. The molecule has 0 heterocycles. The molecule has 59 valence electrons. The van der Waals surface area contributed by atoms with E-state index in [2.05, 4.69) is 44.9 Å². The van der Waals surface area contributed by atoms with Crippen molar-refractivity contribution in [2.75, 3.05) is 0 Å². The average Bonchev–Trinajstić information content (AvgIpc) is 1.14. The van der Waals surface area contributed by atoms with E-state index in [0.29, 0.717) is 0 Å². The first-order chi connectivity index (χ1) is 3.71. The van der Waals surface area contributed by atoms with Crippen molar-refractivity contribution in [3.8, 4) is 0 Å². The van der Waals surface area contributed by atoms with Crippen LogP contribution in [0.1, 0.15) is 0 Å². The third-order valence-electron chi connectivity index (χ3n) is 0.866. The third kappa shape index (κ3) is 12.0. The Hall–Kier alpha value is 1.30. The third-order valence-corrected chi connectivity index (χ3v) is 7.79. The SMILES string of the molecule is C[Si](C)(C)[CH-][Si](C)(C)C.[Sc]. The fourth-order valence-corrected chi connectivity index (χ4v) is 11.7. The zero-order valence-corrected chi connectivity index (χ0v) is 12.0. The molecule has 0 N–H and O–H groups in total. The summed E-state index contributed by atoms with van der Waals surface area (Å²) in [5.41, 5.74) is 2.65. The largest absolute Gasteiger partial charge is 0.327 e. The summed E-state index contributed by atoms with van der Waals surface area (Å²) in [6, 6.07) is 0. The van der Waals surface area contributed by atoms with Crippen LogP contribution in [0.25, 0.3) is 0 Å². The first-order valence-electron chi connectivity index (χ1n) is 3.58. The summed E-state index contributed by atoms with van der Waals surface area (Å²) in [6.45, 7) is 14.4. The van der Waals surface area contributed by atoms with Gasteiger partial charge in [-0.2, -0.15) is 0 Å². The van der Waals surface area contributed by atoms with Gasteiger partial charge in [-0.05, 0) is 0 Å². The molecule has 0 aliphatic heterocycles. The van der Waals surface area contributed by atoms with Gasteiger partial charge in [-0.25, -0.2) is 0 Å². The van der Waals surface area contributed by atoms with Gasteiger partial charge in [0.2, 0.25) is 0 Å². The van der Waals surface area contributed by atoms with Crippen LogP contribution in [0.4, 0.5) is 0 Å². The fourth-order valence-electron chi connectivity index (χ4n) is 1.30. The topological polar surface area (TPSA) is 0 Å². The molecule has 0 aliphatic rings. The maximum Gasteiger partial charge on any atom is 0 e. The maximum atomic E-state index is 2.65. The van der Waals surface area contributed by atoms with Crippen LogP contribution < -0.4 is 0 Å². The standard InChI is InChI=1S/C7H19Si2.Sc/c1-8(2,3)7-9(4,5)6;/h7H,1-6H3;/q-1;. The molecule has 0 bridgehead atoms. The van der Waals surface area contributed by atoms with E-state index in [1.54, 1.807) is 0 Å². The predicted octanol–water partition coefficient (Wildman–Crippen LogP) is 2.94. The molecule has 0 spiro atoms. The van der Waals surface area contributed by atoms with Crippen LogP contribution in [0.2, 0.25) is 39.3 Å². The summed E-state index contributed by atoms with van der Waals surface area (Å²) >= 11 is 0. The van der Waals surface area contributed by atoms with E-state index in [1.807, 2.05) is 0 Å². The molecule has 0 aromatic rings. The Morgan fingerprint density at radius 1 is 0.700 bits per heavy atom. The van der Waals surface area contributed by atoms with Crippen molar-refractivity contribution < 1.29 is 25.8 Å². The van der Waals surface area contributed by atoms with Crippen LogP contribution in [0, 0.1) is 5.67 Å². The van der Waals surface area contributed by atoms with Crippen molar-refractivity contribution in [1.29, 1.82) is 0 Å². The van der Waals surface area contributed by atoms with Crippen LogP contribution >= 0.6 is 0 Å². The molecule has 10 heavy (non-hydrogen) atoms. The smallest absolute Gasteiger partial charge is 0 e. The molecule has 0 unspecified atom stereocenters. The van der Waals surface area contributed by atoms with E-state index < -0.39 is 16.1 Å². The van der Waals surface area contributed by atoms with E-state index in [1.165, 1.54) is 0 Å². The van der Waals surface area contributed by atoms with Crippen molar-refractivity contribution in [2.24, 2.45) is 0 Å². The first-order valence-corrected chi connectivity index (χ1v) is 10.7. The summed E-state index contributed by atoms with van der Waals surface area (Å²) in [5, 5.41) is 0. The summed E-state index contributed by atoms with van der Waals surface area (Å²) in [5.74, 6) is 0. The van der Waals surface area contributed by atoms with Crippen LogP contribution in [0.5, 0.6) is 0 Å². The van der Waals surface area contributed by atoms with Gasteiger partial charge in [0.15, 0.2) is 0 Å². The van der Waals surface area contributed by atoms with E-state index >= 15 is 0 Å². The van der Waals surface area contributed by atoms with E-state index in [4.69, 9.17) is 0 Å². The summed E-state index contributed by atoms with van der Waals surface area (Å²) in [6.07, 6.45) is 0. The minimum atomic E-state index is -0.856. The number of rotatable bonds is 2. The van der Waals surface area contributed by atoms with Gasteiger partial charge < -0.3 is 5.67 Å². The minimum Gasteiger partial charge on any atom is -0.327 e. The maximum absolute atomic E-state index is 2.65. The molecule has 0 aliphatic carbocycles. The normalized spacial score (nSPS) is 12.6. The van der Waals surface area contributed by atoms with E-state index in [-0.39, 0.29) is 25.8 Å². The van der Waals surface area contributed by atoms with E-state index in [9.17, 15) is 0 Å². The molecule has 0 nitrogen and oxygen atoms in total. The molecule has 0 amide bonds.